The maximum Gasteiger partial charge on any atom is 0.271 e. The van der Waals surface area contributed by atoms with E-state index in [2.05, 4.69) is 16.0 Å². The number of nitrogens with one attached hydrogen (secondary N) is 3. The van der Waals surface area contributed by atoms with Crippen LogP contribution in [0.4, 0.5) is 22.7 Å². The quantitative estimate of drug-likeness (QED) is 0.0969. The molecule has 0 radical (unpaired) electrons. The first-order valence-electron chi connectivity index (χ1n) is 11.2. The van der Waals surface area contributed by atoms with E-state index >= 15 is 0 Å². The minimum atomic E-state index is -0.486. The molecule has 1 unspecified atom stereocenters. The Labute approximate surface area is 219 Å². The van der Waals surface area contributed by atoms with Crippen molar-refractivity contribution in [1.29, 1.82) is 0 Å². The first-order chi connectivity index (χ1) is 17.2. The van der Waals surface area contributed by atoms with Gasteiger partial charge in [-0.15, -0.1) is 11.8 Å². The summed E-state index contributed by atoms with van der Waals surface area (Å²) >= 11 is 6.80. The first-order valence-corrected chi connectivity index (χ1v) is 12.5. The van der Waals surface area contributed by atoms with Crippen LogP contribution in [-0.4, -0.2) is 27.0 Å². The monoisotopic (exact) mass is 522 g/mol. The Morgan fingerprint density at radius 1 is 1.00 bits per heavy atom. The largest absolute Gasteiger partial charge is 0.332 e. The molecule has 0 aliphatic heterocycles. The Kier molecular flexibility index (Phi) is 9.15. The van der Waals surface area contributed by atoms with Gasteiger partial charge in [-0.3, -0.25) is 19.7 Å². The lowest BCUT2D eigenvalue weighted by molar-refractivity contribution is -0.384. The third-order valence-electron chi connectivity index (χ3n) is 5.27. The van der Waals surface area contributed by atoms with E-state index < -0.39 is 10.2 Å². The molecule has 0 bridgehead atoms. The molecule has 3 aromatic carbocycles. The van der Waals surface area contributed by atoms with Gasteiger partial charge >= 0.3 is 0 Å². The van der Waals surface area contributed by atoms with Crippen LogP contribution in [0.15, 0.2) is 71.6 Å². The maximum absolute atomic E-state index is 12.9. The van der Waals surface area contributed by atoms with Crippen molar-refractivity contribution in [2.75, 3.05) is 16.0 Å². The van der Waals surface area contributed by atoms with Crippen LogP contribution in [-0.2, 0) is 4.79 Å². The van der Waals surface area contributed by atoms with Gasteiger partial charge in [0.15, 0.2) is 10.9 Å². The van der Waals surface area contributed by atoms with E-state index in [1.165, 1.54) is 30.8 Å². The number of anilines is 3. The van der Waals surface area contributed by atoms with Gasteiger partial charge in [0, 0.05) is 34.0 Å². The van der Waals surface area contributed by atoms with Crippen molar-refractivity contribution < 1.29 is 14.5 Å². The molecule has 0 heterocycles. The van der Waals surface area contributed by atoms with Crippen LogP contribution >= 0.6 is 24.0 Å². The number of thioether (sulfide) groups is 1. The molecule has 0 aromatic heterocycles. The highest BCUT2D eigenvalue weighted by Gasteiger charge is 2.20. The fourth-order valence-corrected chi connectivity index (χ4v) is 4.54. The second kappa shape index (κ2) is 12.3. The number of non-ortho nitro benzene ring substituents is 1. The van der Waals surface area contributed by atoms with Crippen molar-refractivity contribution in [2.45, 2.75) is 37.3 Å². The lowest BCUT2D eigenvalue weighted by atomic mass is 10.1. The fourth-order valence-electron chi connectivity index (χ4n) is 3.29. The van der Waals surface area contributed by atoms with E-state index in [4.69, 9.17) is 12.2 Å². The number of nitrogens with zero attached hydrogens (tertiary/aromatic N) is 1. The van der Waals surface area contributed by atoms with E-state index in [9.17, 15) is 19.7 Å². The minimum absolute atomic E-state index is 0.00384. The molecule has 0 aliphatic rings. The number of Topliss-reactive ketones (excluding diaryl/α,β-unsaturated/α-hetero) is 1. The summed E-state index contributed by atoms with van der Waals surface area (Å²) in [6.45, 7) is 5.22. The summed E-state index contributed by atoms with van der Waals surface area (Å²) in [6.07, 6.45) is 0.568. The fraction of sp³-hybridized carbons (Fsp3) is 0.192. The number of rotatable bonds is 9. The van der Waals surface area contributed by atoms with Gasteiger partial charge in [0.1, 0.15) is 0 Å². The molecule has 0 saturated carbocycles. The summed E-state index contributed by atoms with van der Waals surface area (Å²) in [5.74, 6) is -0.230. The van der Waals surface area contributed by atoms with Crippen LogP contribution in [0.3, 0.4) is 0 Å². The molecular formula is C26H26N4O4S2. The zero-order chi connectivity index (χ0) is 26.2. The zero-order valence-electron chi connectivity index (χ0n) is 20.0. The SMILES string of the molecule is CCC(Sc1cccc(NC(=S)Nc2ccc(C(C)=O)cc2)c1)C(=O)Nc1cc([N+](=O)[O-])ccc1C. The van der Waals surface area contributed by atoms with Gasteiger partial charge in [-0.25, -0.2) is 0 Å². The molecule has 0 saturated heterocycles. The Hall–Kier alpha value is -3.76. The average molecular weight is 523 g/mol. The van der Waals surface area contributed by atoms with Gasteiger partial charge in [0.05, 0.1) is 15.9 Å². The minimum Gasteiger partial charge on any atom is -0.332 e. The number of ketones is 1. The molecule has 10 heteroatoms. The van der Waals surface area contributed by atoms with Gasteiger partial charge in [0.2, 0.25) is 5.91 Å². The van der Waals surface area contributed by atoms with Gasteiger partial charge in [-0.05, 0) is 80.5 Å². The molecule has 1 amide bonds. The molecule has 3 rings (SSSR count). The van der Waals surface area contributed by atoms with Crippen molar-refractivity contribution in [3.05, 3.63) is 88.0 Å². The summed E-state index contributed by atoms with van der Waals surface area (Å²) in [6, 6.07) is 19.0. The number of carbonyl (C=O) groups is 2. The highest BCUT2D eigenvalue weighted by molar-refractivity contribution is 8.00. The molecule has 186 valence electrons. The van der Waals surface area contributed by atoms with Crippen LogP contribution in [0.5, 0.6) is 0 Å². The van der Waals surface area contributed by atoms with Crippen LogP contribution < -0.4 is 16.0 Å². The zero-order valence-corrected chi connectivity index (χ0v) is 21.7. The predicted octanol–water partition coefficient (Wildman–Crippen LogP) is 6.42. The van der Waals surface area contributed by atoms with Crippen molar-refractivity contribution >= 4 is 63.5 Å². The van der Waals surface area contributed by atoms with Gasteiger partial charge in [0.25, 0.3) is 5.69 Å². The van der Waals surface area contributed by atoms with Crippen molar-refractivity contribution in [2.24, 2.45) is 0 Å². The van der Waals surface area contributed by atoms with Gasteiger partial charge in [-0.1, -0.05) is 19.1 Å². The topological polar surface area (TPSA) is 113 Å². The Morgan fingerprint density at radius 2 is 1.69 bits per heavy atom. The second-order valence-electron chi connectivity index (χ2n) is 8.00. The number of aryl methyl sites for hydroxylation is 1. The van der Waals surface area contributed by atoms with Gasteiger partial charge in [-0.2, -0.15) is 0 Å². The number of benzene rings is 3. The summed E-state index contributed by atoms with van der Waals surface area (Å²) in [5, 5.41) is 20.1. The summed E-state index contributed by atoms with van der Waals surface area (Å²) in [5.41, 5.74) is 3.23. The van der Waals surface area contributed by atoms with Crippen molar-refractivity contribution in [3.8, 4) is 0 Å². The van der Waals surface area contributed by atoms with Crippen LogP contribution in [0.1, 0.15) is 36.2 Å². The van der Waals surface area contributed by atoms with E-state index in [1.54, 1.807) is 37.3 Å². The number of thiocarbonyl (C=S) groups is 1. The first kappa shape index (κ1) is 26.8. The normalized spacial score (nSPS) is 11.3. The molecule has 3 aromatic rings. The van der Waals surface area contributed by atoms with Crippen LogP contribution in [0.2, 0.25) is 0 Å². The molecule has 8 nitrogen and oxygen atoms in total. The van der Waals surface area contributed by atoms with Crippen molar-refractivity contribution in [1.82, 2.24) is 0 Å². The maximum atomic E-state index is 12.9. The van der Waals surface area contributed by atoms with Crippen LogP contribution in [0.25, 0.3) is 0 Å². The second-order valence-corrected chi connectivity index (χ2v) is 9.69. The number of nitro groups is 1. The average Bonchev–Trinajstić information content (AvgIpc) is 2.84. The molecule has 3 N–H and O–H groups in total. The highest BCUT2D eigenvalue weighted by Crippen LogP contribution is 2.30. The number of nitro benzene ring substituents is 1. The molecule has 0 spiro atoms. The third-order valence-corrected chi connectivity index (χ3v) is 6.83. The Balaban J connectivity index is 1.63. The number of carbonyl (C=O) groups excluding carboxylic acids is 2. The molecule has 36 heavy (non-hydrogen) atoms. The molecule has 1 atom stereocenters. The Bertz CT molecular complexity index is 1300. The smallest absolute Gasteiger partial charge is 0.271 e. The number of hydrogen-bond acceptors (Lipinski definition) is 6. The Morgan fingerprint density at radius 3 is 2.33 bits per heavy atom. The van der Waals surface area contributed by atoms with Crippen molar-refractivity contribution in [3.63, 3.8) is 0 Å². The molecular weight excluding hydrogens is 496 g/mol. The number of hydrogen-bond donors (Lipinski definition) is 3. The molecule has 0 aliphatic carbocycles. The standard InChI is InChI=1S/C26H26N4O4S2/c1-4-24(25(32)29-23-15-21(30(33)34)13-8-16(23)2)36-22-7-5-6-20(14-22)28-26(35)27-19-11-9-18(10-12-19)17(3)31/h5-15,24H,4H2,1-3H3,(H,29,32)(H2,27,28,35). The third kappa shape index (κ3) is 7.37. The predicted molar refractivity (Wildman–Crippen MR) is 149 cm³/mol. The van der Waals surface area contributed by atoms with E-state index in [-0.39, 0.29) is 17.4 Å². The molecule has 0 fully saturated rings. The number of amides is 1. The summed E-state index contributed by atoms with van der Waals surface area (Å²) < 4.78 is 0. The van der Waals surface area contributed by atoms with E-state index in [1.807, 2.05) is 31.2 Å². The lowest BCUT2D eigenvalue weighted by Crippen LogP contribution is -2.25. The van der Waals surface area contributed by atoms with E-state index in [0.717, 1.165) is 21.8 Å². The van der Waals surface area contributed by atoms with Crippen LogP contribution in [0, 0.1) is 17.0 Å². The summed E-state index contributed by atoms with van der Waals surface area (Å²) in [7, 11) is 0. The lowest BCUT2D eigenvalue weighted by Gasteiger charge is -2.17. The van der Waals surface area contributed by atoms with E-state index in [0.29, 0.717) is 22.8 Å². The highest BCUT2D eigenvalue weighted by atomic mass is 32.2. The summed E-state index contributed by atoms with van der Waals surface area (Å²) in [4.78, 5) is 35.8. The van der Waals surface area contributed by atoms with Gasteiger partial charge < -0.3 is 16.0 Å².